The first-order valence-electron chi connectivity index (χ1n) is 18.5. The fourth-order valence-electron chi connectivity index (χ4n) is 6.93. The van der Waals surface area contributed by atoms with Crippen molar-refractivity contribution in [1.82, 2.24) is 19.1 Å². The molecule has 0 spiro atoms. The minimum Gasteiger partial charge on any atom is -0.394 e. The molecule has 6 heterocycles. The van der Waals surface area contributed by atoms with Gasteiger partial charge in [0.2, 0.25) is 0 Å². The number of ether oxygens (including phenoxy) is 7. The molecule has 6 rings (SSSR count). The molecule has 12 N–H and O–H groups in total. The molecular formula is C32H48N5O22P. The minimum atomic E-state index is -5.08. The summed E-state index contributed by atoms with van der Waals surface area (Å²) in [7, 11) is -5.08. The van der Waals surface area contributed by atoms with Crippen LogP contribution < -0.4 is 22.7 Å². The molecule has 0 bridgehead atoms. The van der Waals surface area contributed by atoms with Crippen LogP contribution in [0.15, 0.2) is 32.8 Å². The lowest BCUT2D eigenvalue weighted by molar-refractivity contribution is -0.332. The number of nitrogens with one attached hydrogen (secondary N) is 1. The summed E-state index contributed by atoms with van der Waals surface area (Å²) in [5.41, 5.74) is 3.51. The maximum absolute atomic E-state index is 13.0. The number of rotatable bonds is 16. The smallest absolute Gasteiger partial charge is 0.394 e. The standard InChI is InChI=1S/C32H48N5O22P/c1-12-6-37(32(48)35-28(12)45)21-5-14(15(7-38)55-21)59-60(49,50)54-10-17-22(40)23(41)26(44)30(58-17)52-9-18-27(24(42)25(43)29(46)57-18)53-11-51-8-16-13(39)4-20(56-16)36-3-2-19(33)34-31(36)47/h2-3,6,13-18,20-27,29-30,38-44,46H,4-5,7-11H2,1H3,(H,49,50)(H2,33,34,47)(H,35,45,48). The Bertz CT molecular complexity index is 1990. The summed E-state index contributed by atoms with van der Waals surface area (Å²) in [6.07, 6.45) is -22.0. The van der Waals surface area contributed by atoms with Crippen LogP contribution in [0.25, 0.3) is 0 Å². The average molecular weight is 886 g/mol. The van der Waals surface area contributed by atoms with Crippen LogP contribution in [-0.4, -0.2) is 184 Å². The third kappa shape index (κ3) is 10.5. The topological polar surface area (TPSA) is 398 Å². The van der Waals surface area contributed by atoms with Gasteiger partial charge in [0, 0.05) is 30.8 Å². The molecule has 0 aromatic carbocycles. The predicted octanol–water partition coefficient (Wildman–Crippen LogP) is -6.26. The number of anilines is 1. The average Bonchev–Trinajstić information content (AvgIpc) is 3.77. The van der Waals surface area contributed by atoms with E-state index >= 15 is 0 Å². The number of hydrogen-bond donors (Lipinski definition) is 11. The van der Waals surface area contributed by atoms with Gasteiger partial charge in [-0.15, -0.1) is 0 Å². The summed E-state index contributed by atoms with van der Waals surface area (Å²) >= 11 is 0. The molecule has 4 aliphatic rings. The molecule has 17 atom stereocenters. The first kappa shape index (κ1) is 46.4. The zero-order valence-electron chi connectivity index (χ0n) is 31.6. The van der Waals surface area contributed by atoms with Crippen molar-refractivity contribution >= 4 is 13.6 Å². The van der Waals surface area contributed by atoms with Crippen LogP contribution >= 0.6 is 7.82 Å². The number of aliphatic hydroxyl groups is 8. The lowest BCUT2D eigenvalue weighted by Gasteiger charge is -2.43. The molecule has 60 heavy (non-hydrogen) atoms. The Kier molecular flexibility index (Phi) is 15.1. The number of nitrogens with two attached hydrogens (primary N) is 1. The fraction of sp³-hybridized carbons (Fsp3) is 0.750. The summed E-state index contributed by atoms with van der Waals surface area (Å²) in [5, 5.41) is 83.2. The van der Waals surface area contributed by atoms with Crippen molar-refractivity contribution in [1.29, 1.82) is 0 Å². The molecule has 0 saturated carbocycles. The van der Waals surface area contributed by atoms with Gasteiger partial charge >= 0.3 is 19.2 Å². The van der Waals surface area contributed by atoms with Crippen molar-refractivity contribution in [3.8, 4) is 0 Å². The van der Waals surface area contributed by atoms with Crippen molar-refractivity contribution in [2.24, 2.45) is 0 Å². The highest BCUT2D eigenvalue weighted by Crippen LogP contribution is 2.48. The predicted molar refractivity (Wildman–Crippen MR) is 191 cm³/mol. The number of phosphoric acid groups is 1. The molecule has 28 heteroatoms. The normalized spacial score (nSPS) is 38.2. The number of phosphoric ester groups is 1. The monoisotopic (exact) mass is 885 g/mol. The van der Waals surface area contributed by atoms with Crippen molar-refractivity contribution in [3.05, 3.63) is 55.3 Å². The first-order valence-corrected chi connectivity index (χ1v) is 20.0. The summed E-state index contributed by atoms with van der Waals surface area (Å²) in [6.45, 7) is -1.76. The van der Waals surface area contributed by atoms with Crippen molar-refractivity contribution in [3.63, 3.8) is 0 Å². The number of aromatic nitrogens is 4. The van der Waals surface area contributed by atoms with Gasteiger partial charge in [0.25, 0.3) is 5.56 Å². The Hall–Kier alpha value is -3.13. The van der Waals surface area contributed by atoms with E-state index in [1.165, 1.54) is 25.4 Å². The summed E-state index contributed by atoms with van der Waals surface area (Å²) in [5.74, 6) is 0.00415. The van der Waals surface area contributed by atoms with E-state index in [0.29, 0.717) is 0 Å². The van der Waals surface area contributed by atoms with Gasteiger partial charge in [-0.25, -0.2) is 14.2 Å². The maximum Gasteiger partial charge on any atom is 0.472 e. The van der Waals surface area contributed by atoms with Crippen LogP contribution in [0.2, 0.25) is 0 Å². The summed E-state index contributed by atoms with van der Waals surface area (Å²) in [6, 6.07) is 1.38. The third-order valence-electron chi connectivity index (χ3n) is 10.2. The van der Waals surface area contributed by atoms with E-state index < -0.39 is 150 Å². The zero-order valence-corrected chi connectivity index (χ0v) is 32.5. The van der Waals surface area contributed by atoms with E-state index in [4.69, 9.17) is 47.9 Å². The van der Waals surface area contributed by atoms with Gasteiger partial charge in [0.15, 0.2) is 12.6 Å². The second kappa shape index (κ2) is 19.5. The van der Waals surface area contributed by atoms with Gasteiger partial charge in [0.1, 0.15) is 92.2 Å². The van der Waals surface area contributed by atoms with Crippen LogP contribution in [0, 0.1) is 6.92 Å². The van der Waals surface area contributed by atoms with E-state index in [0.717, 1.165) is 9.13 Å². The number of aryl methyl sites for hydroxylation is 1. The Morgan fingerprint density at radius 2 is 1.57 bits per heavy atom. The minimum absolute atomic E-state index is 0.00415. The van der Waals surface area contributed by atoms with Crippen molar-refractivity contribution in [2.45, 2.75) is 118 Å². The van der Waals surface area contributed by atoms with E-state index in [2.05, 4.69) is 9.97 Å². The molecule has 338 valence electrons. The molecule has 0 aliphatic carbocycles. The van der Waals surface area contributed by atoms with E-state index in [-0.39, 0.29) is 30.8 Å². The highest BCUT2D eigenvalue weighted by Gasteiger charge is 2.49. The van der Waals surface area contributed by atoms with Crippen LogP contribution in [0.1, 0.15) is 30.9 Å². The molecule has 4 fully saturated rings. The van der Waals surface area contributed by atoms with Gasteiger partial charge in [-0.2, -0.15) is 4.98 Å². The van der Waals surface area contributed by atoms with Crippen LogP contribution in [0.4, 0.5) is 5.82 Å². The second-order valence-electron chi connectivity index (χ2n) is 14.4. The molecule has 27 nitrogen and oxygen atoms in total. The van der Waals surface area contributed by atoms with Gasteiger partial charge in [-0.05, 0) is 13.0 Å². The molecule has 4 aliphatic heterocycles. The molecule has 17 unspecified atom stereocenters. The molecular weight excluding hydrogens is 837 g/mol. The van der Waals surface area contributed by atoms with Gasteiger partial charge < -0.3 is 84.6 Å². The quantitative estimate of drug-likeness (QED) is 0.0424. The maximum atomic E-state index is 13.0. The number of nitrogen functional groups attached to an aromatic ring is 1. The molecule has 2 aromatic heterocycles. The van der Waals surface area contributed by atoms with Gasteiger partial charge in [-0.3, -0.25) is 28.0 Å². The van der Waals surface area contributed by atoms with Crippen LogP contribution in [0.5, 0.6) is 0 Å². The van der Waals surface area contributed by atoms with E-state index in [1.54, 1.807) is 0 Å². The molecule has 2 aromatic rings. The zero-order chi connectivity index (χ0) is 43.6. The summed E-state index contributed by atoms with van der Waals surface area (Å²) < 4.78 is 64.2. The lowest BCUT2D eigenvalue weighted by atomic mass is 9.98. The van der Waals surface area contributed by atoms with Gasteiger partial charge in [-0.1, -0.05) is 0 Å². The number of aliphatic hydroxyl groups excluding tert-OH is 8. The fourth-order valence-corrected chi connectivity index (χ4v) is 7.89. The lowest BCUT2D eigenvalue weighted by Crippen LogP contribution is -2.62. The SMILES string of the molecule is Cc1cn(C2CC(OP(=O)(O)OCC3OC(OCC4OC(O)C(O)C(O)C4OCOCC4OC(n5ccc(N)nc5=O)CC4O)C(O)C(O)C3O)C(CO)O2)c(=O)[nH]c1=O. The van der Waals surface area contributed by atoms with Gasteiger partial charge in [0.05, 0.1) is 32.5 Å². The second-order valence-corrected chi connectivity index (χ2v) is 15.8. The number of H-pyrrole nitrogens is 1. The first-order chi connectivity index (χ1) is 28.4. The number of aromatic amines is 1. The summed E-state index contributed by atoms with van der Waals surface area (Å²) in [4.78, 5) is 52.5. The Morgan fingerprint density at radius 1 is 0.850 bits per heavy atom. The molecule has 4 saturated heterocycles. The van der Waals surface area contributed by atoms with E-state index in [9.17, 15) is 64.7 Å². The molecule has 0 amide bonds. The Labute approximate surface area is 337 Å². The molecule has 0 radical (unpaired) electrons. The third-order valence-corrected chi connectivity index (χ3v) is 11.2. The Morgan fingerprint density at radius 3 is 2.28 bits per heavy atom. The number of hydrogen-bond acceptors (Lipinski definition) is 23. The van der Waals surface area contributed by atoms with Crippen molar-refractivity contribution < 1.29 is 92.5 Å². The highest BCUT2D eigenvalue weighted by molar-refractivity contribution is 7.47. The van der Waals surface area contributed by atoms with Crippen molar-refractivity contribution in [2.75, 3.05) is 39.0 Å². The van der Waals surface area contributed by atoms with Crippen LogP contribution in [-0.2, 0) is 46.8 Å². The van der Waals surface area contributed by atoms with E-state index in [1.807, 2.05) is 0 Å². The highest BCUT2D eigenvalue weighted by atomic mass is 31.2. The van der Waals surface area contributed by atoms with Crippen LogP contribution in [0.3, 0.4) is 0 Å². The largest absolute Gasteiger partial charge is 0.472 e. The Balaban J connectivity index is 1.01. The number of nitrogens with zero attached hydrogens (tertiary/aromatic N) is 3.